The average Bonchev–Trinajstić information content (AvgIpc) is 3.02. The highest BCUT2D eigenvalue weighted by atomic mass is 35.5. The van der Waals surface area contributed by atoms with Crippen LogP contribution in [0, 0.1) is 0 Å². The Morgan fingerprint density at radius 1 is 1.17 bits per heavy atom. The number of aliphatic hydroxyl groups is 1. The van der Waals surface area contributed by atoms with Crippen molar-refractivity contribution in [1.82, 2.24) is 9.88 Å². The van der Waals surface area contributed by atoms with Gasteiger partial charge in [0.2, 0.25) is 0 Å². The number of ether oxygens (including phenoxy) is 3. The first-order valence-corrected chi connectivity index (χ1v) is 9.42. The molecule has 0 spiro atoms. The Morgan fingerprint density at radius 3 is 2.50 bits per heavy atom. The number of aromatic nitrogens is 1. The zero-order valence-electron chi connectivity index (χ0n) is 16.7. The van der Waals surface area contributed by atoms with Crippen LogP contribution in [0.2, 0.25) is 5.02 Å². The van der Waals surface area contributed by atoms with Crippen molar-refractivity contribution < 1.29 is 28.9 Å². The number of pyridine rings is 1. The van der Waals surface area contributed by atoms with Gasteiger partial charge in [-0.2, -0.15) is 0 Å². The Kier molecular flexibility index (Phi) is 6.59. The van der Waals surface area contributed by atoms with Gasteiger partial charge in [-0.05, 0) is 18.2 Å². The van der Waals surface area contributed by atoms with E-state index in [9.17, 15) is 14.7 Å². The Balaban J connectivity index is 2.24. The third-order valence-corrected chi connectivity index (χ3v) is 5.07. The predicted octanol–water partition coefficient (Wildman–Crippen LogP) is 2.82. The lowest BCUT2D eigenvalue weighted by atomic mass is 9.97. The van der Waals surface area contributed by atoms with E-state index in [1.54, 1.807) is 24.4 Å². The number of hydrogen-bond acceptors (Lipinski definition) is 7. The zero-order valence-corrected chi connectivity index (χ0v) is 17.5. The van der Waals surface area contributed by atoms with Gasteiger partial charge in [0, 0.05) is 25.9 Å². The molecule has 8 nitrogen and oxygen atoms in total. The number of rotatable bonds is 7. The van der Waals surface area contributed by atoms with Crippen molar-refractivity contribution in [2.45, 2.75) is 6.04 Å². The molecular formula is C21H21ClN2O6. The first kappa shape index (κ1) is 21.6. The van der Waals surface area contributed by atoms with Gasteiger partial charge in [-0.3, -0.25) is 14.6 Å². The first-order chi connectivity index (χ1) is 14.4. The summed E-state index contributed by atoms with van der Waals surface area (Å²) in [5, 5.41) is 11.4. The summed E-state index contributed by atoms with van der Waals surface area (Å²) >= 11 is 6.15. The number of amides is 1. The van der Waals surface area contributed by atoms with Crippen LogP contribution in [0.25, 0.3) is 5.76 Å². The van der Waals surface area contributed by atoms with Gasteiger partial charge in [0.25, 0.3) is 11.7 Å². The molecule has 3 rings (SSSR count). The van der Waals surface area contributed by atoms with Crippen LogP contribution in [0.15, 0.2) is 42.1 Å². The molecule has 0 aliphatic carbocycles. The van der Waals surface area contributed by atoms with E-state index in [1.807, 2.05) is 0 Å². The van der Waals surface area contributed by atoms with Gasteiger partial charge in [-0.25, -0.2) is 0 Å². The molecule has 1 unspecified atom stereocenters. The maximum Gasteiger partial charge on any atom is 0.295 e. The highest BCUT2D eigenvalue weighted by molar-refractivity contribution is 6.46. The van der Waals surface area contributed by atoms with Gasteiger partial charge in [0.1, 0.15) is 23.3 Å². The molecule has 2 heterocycles. The summed E-state index contributed by atoms with van der Waals surface area (Å²) in [7, 11) is 4.33. The van der Waals surface area contributed by atoms with Crippen LogP contribution in [0.4, 0.5) is 0 Å². The molecule has 1 atom stereocenters. The lowest BCUT2D eigenvalue weighted by molar-refractivity contribution is -0.140. The van der Waals surface area contributed by atoms with Crippen LogP contribution in [0.3, 0.4) is 0 Å². The summed E-state index contributed by atoms with van der Waals surface area (Å²) in [6.07, 6.45) is 1.55. The molecule has 1 N–H and O–H groups in total. The number of hydrogen-bond donors (Lipinski definition) is 1. The monoisotopic (exact) mass is 432 g/mol. The molecule has 1 aliphatic heterocycles. The van der Waals surface area contributed by atoms with Crippen LogP contribution < -0.4 is 9.47 Å². The van der Waals surface area contributed by atoms with Gasteiger partial charge < -0.3 is 24.2 Å². The number of aliphatic hydroxyl groups excluding tert-OH is 1. The number of nitrogens with zero attached hydrogens (tertiary/aromatic N) is 2. The number of ketones is 1. The molecule has 30 heavy (non-hydrogen) atoms. The standard InChI is InChI=1S/C21H21ClN2O6/c1-28-9-8-24-18(14-6-4-5-7-23-14)17(20(26)21(24)27)19(25)12-10-16(30-3)13(22)11-15(12)29-2/h4-7,10-11,18,25H,8-9H2,1-3H3/b19-17+. The molecule has 1 aromatic heterocycles. The quantitative estimate of drug-likeness (QED) is 0.408. The Hall–Kier alpha value is -3.10. The molecule has 0 saturated carbocycles. The minimum Gasteiger partial charge on any atom is -0.507 e. The molecule has 158 valence electrons. The van der Waals surface area contributed by atoms with Crippen LogP contribution in [-0.2, 0) is 14.3 Å². The van der Waals surface area contributed by atoms with Gasteiger partial charge in [-0.15, -0.1) is 0 Å². The van der Waals surface area contributed by atoms with Gasteiger partial charge in [0.05, 0.1) is 42.7 Å². The zero-order chi connectivity index (χ0) is 21.8. The van der Waals surface area contributed by atoms with Crippen molar-refractivity contribution in [1.29, 1.82) is 0 Å². The molecule has 0 bridgehead atoms. The lowest BCUT2D eigenvalue weighted by Crippen LogP contribution is -2.33. The second-order valence-corrected chi connectivity index (χ2v) is 6.83. The summed E-state index contributed by atoms with van der Waals surface area (Å²) in [5.74, 6) is -1.47. The number of likely N-dealkylation sites (tertiary alicyclic amines) is 1. The minimum absolute atomic E-state index is 0.0996. The van der Waals surface area contributed by atoms with Crippen molar-refractivity contribution in [2.24, 2.45) is 0 Å². The molecule has 1 fully saturated rings. The van der Waals surface area contributed by atoms with Crippen LogP contribution >= 0.6 is 11.6 Å². The predicted molar refractivity (Wildman–Crippen MR) is 110 cm³/mol. The topological polar surface area (TPSA) is 98.2 Å². The molecule has 0 radical (unpaired) electrons. The summed E-state index contributed by atoms with van der Waals surface area (Å²) in [6, 6.07) is 7.18. The Bertz CT molecular complexity index is 992. The molecule has 1 amide bonds. The molecule has 9 heteroatoms. The summed E-state index contributed by atoms with van der Waals surface area (Å²) < 4.78 is 15.6. The SMILES string of the molecule is COCCN1C(=O)C(=O)/C(=C(/O)c2cc(OC)c(Cl)cc2OC)C1c1ccccn1. The van der Waals surface area contributed by atoms with Crippen molar-refractivity contribution >= 4 is 29.1 Å². The van der Waals surface area contributed by atoms with E-state index < -0.39 is 23.5 Å². The fraction of sp³-hybridized carbons (Fsp3) is 0.286. The number of Topliss-reactive ketones (excluding diaryl/α,β-unsaturated/α-hetero) is 1. The van der Waals surface area contributed by atoms with E-state index in [1.165, 1.54) is 38.4 Å². The Labute approximate surface area is 178 Å². The highest BCUT2D eigenvalue weighted by Crippen LogP contribution is 2.42. The van der Waals surface area contributed by atoms with Gasteiger partial charge >= 0.3 is 0 Å². The smallest absolute Gasteiger partial charge is 0.295 e. The van der Waals surface area contributed by atoms with E-state index in [2.05, 4.69) is 4.98 Å². The van der Waals surface area contributed by atoms with Crippen molar-refractivity contribution in [2.75, 3.05) is 34.5 Å². The van der Waals surface area contributed by atoms with Gasteiger partial charge in [0.15, 0.2) is 0 Å². The largest absolute Gasteiger partial charge is 0.507 e. The number of halogens is 1. The van der Waals surface area contributed by atoms with E-state index in [0.29, 0.717) is 5.69 Å². The summed E-state index contributed by atoms with van der Waals surface area (Å²) in [5.41, 5.74) is 0.510. The van der Waals surface area contributed by atoms with Crippen LogP contribution in [-0.4, -0.2) is 61.2 Å². The van der Waals surface area contributed by atoms with Gasteiger partial charge in [-0.1, -0.05) is 17.7 Å². The van der Waals surface area contributed by atoms with Crippen molar-refractivity contribution in [3.8, 4) is 11.5 Å². The van der Waals surface area contributed by atoms with E-state index in [0.717, 1.165) is 0 Å². The fourth-order valence-corrected chi connectivity index (χ4v) is 3.57. The van der Waals surface area contributed by atoms with Crippen LogP contribution in [0.5, 0.6) is 11.5 Å². The minimum atomic E-state index is -0.882. The van der Waals surface area contributed by atoms with E-state index in [-0.39, 0.29) is 40.8 Å². The average molecular weight is 433 g/mol. The third-order valence-electron chi connectivity index (χ3n) is 4.77. The number of carbonyl (C=O) groups excluding carboxylic acids is 2. The second kappa shape index (κ2) is 9.15. The summed E-state index contributed by atoms with van der Waals surface area (Å²) in [6.45, 7) is 0.370. The molecule has 2 aromatic rings. The Morgan fingerprint density at radius 2 is 1.90 bits per heavy atom. The molecular weight excluding hydrogens is 412 g/mol. The maximum absolute atomic E-state index is 12.9. The fourth-order valence-electron chi connectivity index (χ4n) is 3.34. The molecule has 1 aromatic carbocycles. The van der Waals surface area contributed by atoms with E-state index in [4.69, 9.17) is 25.8 Å². The molecule has 1 saturated heterocycles. The number of carbonyl (C=O) groups is 2. The first-order valence-electron chi connectivity index (χ1n) is 9.04. The lowest BCUT2D eigenvalue weighted by Gasteiger charge is -2.24. The number of methoxy groups -OCH3 is 3. The van der Waals surface area contributed by atoms with Crippen LogP contribution in [0.1, 0.15) is 17.3 Å². The maximum atomic E-state index is 12.9. The third kappa shape index (κ3) is 3.83. The number of benzene rings is 1. The summed E-state index contributed by atoms with van der Waals surface area (Å²) in [4.78, 5) is 31.3. The van der Waals surface area contributed by atoms with Crippen molar-refractivity contribution in [3.63, 3.8) is 0 Å². The molecule has 1 aliphatic rings. The normalized spacial score (nSPS) is 18.0. The highest BCUT2D eigenvalue weighted by Gasteiger charge is 2.46. The second-order valence-electron chi connectivity index (χ2n) is 6.43. The van der Waals surface area contributed by atoms with Crippen molar-refractivity contribution in [3.05, 3.63) is 58.4 Å². The van der Waals surface area contributed by atoms with E-state index >= 15 is 0 Å².